The second kappa shape index (κ2) is 7.74. The van der Waals surface area contributed by atoms with Crippen molar-refractivity contribution in [1.29, 1.82) is 10.5 Å². The smallest absolute Gasteiger partial charge is 0.205 e. The van der Waals surface area contributed by atoms with Crippen LogP contribution < -0.4 is 0 Å². The van der Waals surface area contributed by atoms with Crippen molar-refractivity contribution in [2.24, 2.45) is 0 Å². The van der Waals surface area contributed by atoms with Crippen LogP contribution in [0.4, 0.5) is 0 Å². The van der Waals surface area contributed by atoms with Gasteiger partial charge in [-0.25, -0.2) is 0 Å². The zero-order valence-electron chi connectivity index (χ0n) is 7.09. The maximum atomic E-state index is 8.46. The third-order valence-corrected chi connectivity index (χ3v) is 0.866. The monoisotopic (exact) mass is 170 g/mol. The van der Waals surface area contributed by atoms with Crippen LogP contribution in [-0.2, 0) is 4.74 Å². The molecule has 0 N–H and O–H groups in total. The summed E-state index contributed by atoms with van der Waals surface area (Å²) in [5.41, 5.74) is 0. The maximum absolute atomic E-state index is 8.46. The number of hydrogen-bond donors (Lipinski definition) is 0. The molecule has 62 valence electrons. The minimum Gasteiger partial charge on any atom is -0.484 e. The zero-order valence-corrected chi connectivity index (χ0v) is 7.09. The third-order valence-electron chi connectivity index (χ3n) is 0.866. The molecule has 3 heteroatoms. The molecule has 0 unspecified atom stereocenters. The molecule has 13 heavy (non-hydrogen) atoms. The minimum absolute atomic E-state index is 0.147. The van der Waals surface area contributed by atoms with E-state index in [2.05, 4.69) is 23.7 Å². The average molecular weight is 170 g/mol. The van der Waals surface area contributed by atoms with Gasteiger partial charge in [0.1, 0.15) is 6.07 Å². The highest BCUT2D eigenvalue weighted by Crippen LogP contribution is 1.92. The predicted molar refractivity (Wildman–Crippen MR) is 46.5 cm³/mol. The van der Waals surface area contributed by atoms with Crippen LogP contribution in [0.5, 0.6) is 0 Å². The van der Waals surface area contributed by atoms with E-state index in [0.717, 1.165) is 0 Å². The topological polar surface area (TPSA) is 56.8 Å². The Labute approximate surface area is 77.2 Å². The van der Waals surface area contributed by atoms with Crippen molar-refractivity contribution in [3.63, 3.8) is 0 Å². The van der Waals surface area contributed by atoms with E-state index in [1.807, 2.05) is 6.07 Å². The fraction of sp³-hybridized carbons (Fsp3) is 0.200. The first-order valence-corrected chi connectivity index (χ1v) is 3.47. The molecule has 0 aromatic heterocycles. The Morgan fingerprint density at radius 1 is 1.31 bits per heavy atom. The molecule has 0 atom stereocenters. The Balaban J connectivity index is 4.30. The number of rotatable bonds is 2. The summed E-state index contributed by atoms with van der Waals surface area (Å²) in [6.07, 6.45) is 1.32. The van der Waals surface area contributed by atoms with Crippen molar-refractivity contribution in [2.45, 2.75) is 6.92 Å². The molecular formula is C10H6N2O. The first kappa shape index (κ1) is 10.6. The lowest BCUT2D eigenvalue weighted by Crippen LogP contribution is -1.86. The summed E-state index contributed by atoms with van der Waals surface area (Å²) in [5.74, 6) is 9.36. The lowest BCUT2D eigenvalue weighted by molar-refractivity contribution is 0.245. The molecule has 0 aliphatic rings. The van der Waals surface area contributed by atoms with Gasteiger partial charge >= 0.3 is 0 Å². The normalized spacial score (nSPS) is 7.77. The van der Waals surface area contributed by atoms with E-state index in [0.29, 0.717) is 6.61 Å². The summed E-state index contributed by atoms with van der Waals surface area (Å²) in [4.78, 5) is 0. The Bertz CT molecular complexity index is 385. The fourth-order valence-electron chi connectivity index (χ4n) is 0.459. The van der Waals surface area contributed by atoms with Gasteiger partial charge in [0.15, 0.2) is 6.07 Å². The van der Waals surface area contributed by atoms with Crippen LogP contribution in [0.25, 0.3) is 0 Å². The van der Waals surface area contributed by atoms with E-state index in [9.17, 15) is 0 Å². The number of hydrogen-bond acceptors (Lipinski definition) is 3. The van der Waals surface area contributed by atoms with Crippen molar-refractivity contribution in [2.75, 3.05) is 6.61 Å². The molecular weight excluding hydrogens is 164 g/mol. The Morgan fingerprint density at radius 2 is 2.08 bits per heavy atom. The standard InChI is InChI=1S/C10H6N2O/c1-2-13-10(9-12)7-5-3-4-6-8-11/h7H,2H2,1H3/b10-7-. The fourth-order valence-corrected chi connectivity index (χ4v) is 0.459. The second-order valence-corrected chi connectivity index (χ2v) is 1.68. The summed E-state index contributed by atoms with van der Waals surface area (Å²) in [6.45, 7) is 2.19. The molecule has 0 bridgehead atoms. The van der Waals surface area contributed by atoms with Gasteiger partial charge in [0.05, 0.1) is 6.61 Å². The van der Waals surface area contributed by atoms with Gasteiger partial charge in [0.25, 0.3) is 0 Å². The Morgan fingerprint density at radius 3 is 2.62 bits per heavy atom. The zero-order chi connectivity index (χ0) is 9.94. The van der Waals surface area contributed by atoms with Crippen LogP contribution in [0.1, 0.15) is 6.92 Å². The SMILES string of the molecule is CCO/C(C#N)=C\C#CC#CC#N. The highest BCUT2D eigenvalue weighted by molar-refractivity contribution is 5.36. The van der Waals surface area contributed by atoms with Crippen molar-refractivity contribution in [3.8, 4) is 35.8 Å². The molecule has 0 amide bonds. The van der Waals surface area contributed by atoms with E-state index < -0.39 is 0 Å². The number of nitrogens with zero attached hydrogens (tertiary/aromatic N) is 2. The van der Waals surface area contributed by atoms with Gasteiger partial charge < -0.3 is 4.74 Å². The van der Waals surface area contributed by atoms with Crippen LogP contribution in [0, 0.1) is 46.3 Å². The van der Waals surface area contributed by atoms with Gasteiger partial charge in [-0.15, -0.1) is 0 Å². The molecule has 0 saturated carbocycles. The highest BCUT2D eigenvalue weighted by Gasteiger charge is 1.88. The summed E-state index contributed by atoms with van der Waals surface area (Å²) < 4.78 is 4.88. The van der Waals surface area contributed by atoms with E-state index >= 15 is 0 Å². The Hall–Kier alpha value is -2.36. The van der Waals surface area contributed by atoms with Crippen molar-refractivity contribution < 1.29 is 4.74 Å². The van der Waals surface area contributed by atoms with Crippen molar-refractivity contribution in [3.05, 3.63) is 11.8 Å². The Kier molecular flexibility index (Phi) is 6.34. The largest absolute Gasteiger partial charge is 0.484 e. The molecule has 0 rings (SSSR count). The molecule has 0 saturated heterocycles. The molecule has 3 nitrogen and oxygen atoms in total. The van der Waals surface area contributed by atoms with Gasteiger partial charge in [-0.1, -0.05) is 5.92 Å². The minimum atomic E-state index is 0.147. The number of allylic oxidation sites excluding steroid dienone is 2. The molecule has 0 radical (unpaired) electrons. The summed E-state index contributed by atoms with van der Waals surface area (Å²) in [7, 11) is 0. The summed E-state index contributed by atoms with van der Waals surface area (Å²) in [6, 6.07) is 3.43. The van der Waals surface area contributed by atoms with E-state index in [4.69, 9.17) is 15.3 Å². The van der Waals surface area contributed by atoms with Gasteiger partial charge in [-0.3, -0.25) is 0 Å². The van der Waals surface area contributed by atoms with E-state index in [-0.39, 0.29) is 5.76 Å². The summed E-state index contributed by atoms with van der Waals surface area (Å²) >= 11 is 0. The number of nitriles is 2. The van der Waals surface area contributed by atoms with Crippen molar-refractivity contribution in [1.82, 2.24) is 0 Å². The summed E-state index contributed by atoms with van der Waals surface area (Å²) in [5, 5.41) is 16.5. The first-order chi connectivity index (χ1) is 6.35. The van der Waals surface area contributed by atoms with Crippen LogP contribution in [0.3, 0.4) is 0 Å². The molecule has 0 aliphatic carbocycles. The van der Waals surface area contributed by atoms with Gasteiger partial charge in [0, 0.05) is 17.9 Å². The second-order valence-electron chi connectivity index (χ2n) is 1.68. The average Bonchev–Trinajstić information content (AvgIpc) is 2.16. The molecule has 0 aromatic carbocycles. The molecule has 0 aromatic rings. The lowest BCUT2D eigenvalue weighted by Gasteiger charge is -1.94. The predicted octanol–water partition coefficient (Wildman–Crippen LogP) is 0.961. The van der Waals surface area contributed by atoms with Gasteiger partial charge in [-0.05, 0) is 12.8 Å². The highest BCUT2D eigenvalue weighted by atomic mass is 16.5. The van der Waals surface area contributed by atoms with Gasteiger partial charge in [0.2, 0.25) is 5.76 Å². The maximum Gasteiger partial charge on any atom is 0.205 e. The van der Waals surface area contributed by atoms with E-state index in [1.54, 1.807) is 13.0 Å². The van der Waals surface area contributed by atoms with Gasteiger partial charge in [-0.2, -0.15) is 10.5 Å². The van der Waals surface area contributed by atoms with Crippen LogP contribution >= 0.6 is 0 Å². The first-order valence-electron chi connectivity index (χ1n) is 3.47. The molecule has 0 fully saturated rings. The molecule has 0 heterocycles. The quantitative estimate of drug-likeness (QED) is 0.352. The molecule has 0 spiro atoms. The lowest BCUT2D eigenvalue weighted by atomic mass is 10.4. The van der Waals surface area contributed by atoms with Crippen molar-refractivity contribution >= 4 is 0 Å². The molecule has 0 aliphatic heterocycles. The third kappa shape index (κ3) is 6.05. The van der Waals surface area contributed by atoms with Crippen LogP contribution in [0.2, 0.25) is 0 Å². The van der Waals surface area contributed by atoms with Crippen LogP contribution in [0.15, 0.2) is 11.8 Å². The number of ether oxygens (including phenoxy) is 1. The van der Waals surface area contributed by atoms with E-state index in [1.165, 1.54) is 6.08 Å². The van der Waals surface area contributed by atoms with Crippen LogP contribution in [-0.4, -0.2) is 6.61 Å².